The van der Waals surface area contributed by atoms with Gasteiger partial charge in [-0.15, -0.1) is 0 Å². The SMILES string of the molecule is O=C(O)CCCN(CCCCNc1ccnc2ccccc12)CCCOc1ccc2c(NCCCc3ccccc3)ncnc2c1. The monoisotopic (exact) mass is 620 g/mol. The number of hydrogen-bond donors (Lipinski definition) is 3. The third kappa shape index (κ3) is 10.1. The zero-order valence-corrected chi connectivity index (χ0v) is 26.4. The molecule has 0 saturated carbocycles. The molecule has 0 aliphatic heterocycles. The molecule has 5 rings (SSSR count). The van der Waals surface area contributed by atoms with Crippen LogP contribution in [0.1, 0.15) is 44.1 Å². The Bertz CT molecular complexity index is 1660. The summed E-state index contributed by atoms with van der Waals surface area (Å²) in [5.41, 5.74) is 4.28. The fourth-order valence-electron chi connectivity index (χ4n) is 5.61. The minimum Gasteiger partial charge on any atom is -0.493 e. The number of nitrogens with zero attached hydrogens (tertiary/aromatic N) is 4. The number of carbonyl (C=O) groups is 1. The van der Waals surface area contributed by atoms with E-state index in [1.54, 1.807) is 6.33 Å². The Morgan fingerprint density at radius 1 is 0.739 bits per heavy atom. The molecule has 3 N–H and O–H groups in total. The lowest BCUT2D eigenvalue weighted by molar-refractivity contribution is -0.137. The molecule has 0 unspecified atom stereocenters. The van der Waals surface area contributed by atoms with E-state index in [9.17, 15) is 4.79 Å². The Hall–Kier alpha value is -4.76. The summed E-state index contributed by atoms with van der Waals surface area (Å²) in [5.74, 6) is 0.877. The normalized spacial score (nSPS) is 11.2. The van der Waals surface area contributed by atoms with Crippen molar-refractivity contribution in [3.8, 4) is 5.75 Å². The van der Waals surface area contributed by atoms with E-state index in [1.165, 1.54) is 5.56 Å². The molecular formula is C37H44N6O3. The molecule has 240 valence electrons. The summed E-state index contributed by atoms with van der Waals surface area (Å²) in [6, 6.07) is 26.6. The molecule has 9 heteroatoms. The van der Waals surface area contributed by atoms with Crippen molar-refractivity contribution in [1.29, 1.82) is 0 Å². The number of aliphatic carboxylic acids is 1. The summed E-state index contributed by atoms with van der Waals surface area (Å²) in [5, 5.41) is 18.2. The highest BCUT2D eigenvalue weighted by Crippen LogP contribution is 2.24. The predicted octanol–water partition coefficient (Wildman–Crippen LogP) is 7.05. The average molecular weight is 621 g/mol. The summed E-state index contributed by atoms with van der Waals surface area (Å²) in [7, 11) is 0. The second-order valence-corrected chi connectivity index (χ2v) is 11.5. The van der Waals surface area contributed by atoms with Crippen molar-refractivity contribution in [3.05, 3.63) is 97.0 Å². The van der Waals surface area contributed by atoms with E-state index in [1.807, 2.05) is 54.7 Å². The van der Waals surface area contributed by atoms with Gasteiger partial charge in [0.25, 0.3) is 0 Å². The Labute approximate surface area is 271 Å². The van der Waals surface area contributed by atoms with Gasteiger partial charge in [-0.05, 0) is 81.4 Å². The summed E-state index contributed by atoms with van der Waals surface area (Å²) >= 11 is 0. The number of aromatic nitrogens is 3. The topological polar surface area (TPSA) is 113 Å². The van der Waals surface area contributed by atoms with E-state index >= 15 is 0 Å². The van der Waals surface area contributed by atoms with Gasteiger partial charge in [0.2, 0.25) is 0 Å². The van der Waals surface area contributed by atoms with E-state index in [4.69, 9.17) is 9.84 Å². The minimum atomic E-state index is -0.747. The van der Waals surface area contributed by atoms with E-state index in [-0.39, 0.29) is 6.42 Å². The summed E-state index contributed by atoms with van der Waals surface area (Å²) in [6.07, 6.45) is 9.20. The lowest BCUT2D eigenvalue weighted by Gasteiger charge is -2.22. The Kier molecular flexibility index (Phi) is 12.5. The molecule has 0 aliphatic rings. The maximum atomic E-state index is 11.1. The number of pyridine rings is 1. The van der Waals surface area contributed by atoms with Crippen LogP contribution in [-0.2, 0) is 11.2 Å². The van der Waals surface area contributed by atoms with Gasteiger partial charge in [0.1, 0.15) is 17.9 Å². The molecule has 0 saturated heterocycles. The van der Waals surface area contributed by atoms with E-state index in [2.05, 4.69) is 60.8 Å². The zero-order chi connectivity index (χ0) is 31.8. The number of carboxylic acid groups (broad SMARTS) is 1. The van der Waals surface area contributed by atoms with Crippen molar-refractivity contribution in [3.63, 3.8) is 0 Å². The average Bonchev–Trinajstić information content (AvgIpc) is 3.08. The third-order valence-electron chi connectivity index (χ3n) is 8.00. The van der Waals surface area contributed by atoms with E-state index in [0.29, 0.717) is 13.0 Å². The largest absolute Gasteiger partial charge is 0.493 e. The van der Waals surface area contributed by atoms with Gasteiger partial charge in [0.05, 0.1) is 17.6 Å². The first-order valence-electron chi connectivity index (χ1n) is 16.3. The first kappa shape index (κ1) is 32.6. The standard InChI is InChI=1S/C37H44N6O3/c44-36(45)16-9-24-43(23-7-6-20-38-34-19-22-39-33-15-5-4-14-31(33)34)25-10-26-46-30-17-18-32-35(27-30)41-28-42-37(32)40-21-8-13-29-11-2-1-3-12-29/h1-5,11-12,14-15,17-19,22,27-28H,6-10,13,16,20-21,23-26H2,(H,38,39)(H,44,45)(H,40,41,42). The maximum absolute atomic E-state index is 11.1. The van der Waals surface area contributed by atoms with E-state index in [0.717, 1.165) is 104 Å². The number of benzene rings is 3. The molecule has 0 bridgehead atoms. The summed E-state index contributed by atoms with van der Waals surface area (Å²) in [6.45, 7) is 4.83. The summed E-state index contributed by atoms with van der Waals surface area (Å²) in [4.78, 5) is 26.8. The number of hydrogen-bond acceptors (Lipinski definition) is 8. The zero-order valence-electron chi connectivity index (χ0n) is 26.4. The van der Waals surface area contributed by atoms with Crippen LogP contribution >= 0.6 is 0 Å². The van der Waals surface area contributed by atoms with Crippen LogP contribution in [0.5, 0.6) is 5.75 Å². The Balaban J connectivity index is 1.04. The predicted molar refractivity (Wildman–Crippen MR) is 186 cm³/mol. The number of anilines is 2. The second-order valence-electron chi connectivity index (χ2n) is 11.5. The van der Waals surface area contributed by atoms with Crippen LogP contribution in [0.3, 0.4) is 0 Å². The molecule has 46 heavy (non-hydrogen) atoms. The smallest absolute Gasteiger partial charge is 0.303 e. The minimum absolute atomic E-state index is 0.187. The van der Waals surface area contributed by atoms with Crippen molar-refractivity contribution in [2.24, 2.45) is 0 Å². The van der Waals surface area contributed by atoms with Crippen molar-refractivity contribution in [2.75, 3.05) is 50.0 Å². The van der Waals surface area contributed by atoms with Crippen LogP contribution in [-0.4, -0.2) is 70.3 Å². The van der Waals surface area contributed by atoms with Crippen molar-refractivity contribution in [2.45, 2.75) is 44.9 Å². The fraction of sp³-hybridized carbons (Fsp3) is 0.351. The van der Waals surface area contributed by atoms with Crippen LogP contribution < -0.4 is 15.4 Å². The van der Waals surface area contributed by atoms with Crippen LogP contribution in [0.4, 0.5) is 11.5 Å². The van der Waals surface area contributed by atoms with Crippen LogP contribution in [0, 0.1) is 0 Å². The quantitative estimate of drug-likeness (QED) is 0.0788. The van der Waals surface area contributed by atoms with Gasteiger partial charge in [-0.2, -0.15) is 0 Å². The molecule has 0 amide bonds. The number of rotatable bonds is 20. The molecule has 0 radical (unpaired) electrons. The Morgan fingerprint density at radius 2 is 1.54 bits per heavy atom. The molecular weight excluding hydrogens is 576 g/mol. The number of para-hydroxylation sites is 1. The molecule has 0 aliphatic carbocycles. The number of unbranched alkanes of at least 4 members (excludes halogenated alkanes) is 1. The number of aryl methyl sites for hydroxylation is 1. The van der Waals surface area contributed by atoms with Crippen LogP contribution in [0.25, 0.3) is 21.8 Å². The molecule has 0 spiro atoms. The van der Waals surface area contributed by atoms with Gasteiger partial charge in [0.15, 0.2) is 0 Å². The van der Waals surface area contributed by atoms with Gasteiger partial charge in [0, 0.05) is 54.8 Å². The van der Waals surface area contributed by atoms with Crippen LogP contribution in [0.15, 0.2) is 91.4 Å². The highest BCUT2D eigenvalue weighted by molar-refractivity contribution is 5.91. The van der Waals surface area contributed by atoms with Crippen molar-refractivity contribution >= 4 is 39.3 Å². The number of nitrogens with one attached hydrogen (secondary N) is 2. The molecule has 2 heterocycles. The van der Waals surface area contributed by atoms with E-state index < -0.39 is 5.97 Å². The molecule has 9 nitrogen and oxygen atoms in total. The first-order chi connectivity index (χ1) is 22.7. The van der Waals surface area contributed by atoms with Gasteiger partial charge in [-0.1, -0.05) is 48.5 Å². The molecule has 3 aromatic carbocycles. The number of fused-ring (bicyclic) bond motifs is 2. The molecule has 0 atom stereocenters. The molecule has 2 aromatic heterocycles. The summed E-state index contributed by atoms with van der Waals surface area (Å²) < 4.78 is 6.11. The Morgan fingerprint density at radius 3 is 2.43 bits per heavy atom. The second kappa shape index (κ2) is 17.7. The molecule has 5 aromatic rings. The fourth-order valence-corrected chi connectivity index (χ4v) is 5.61. The highest BCUT2D eigenvalue weighted by atomic mass is 16.5. The number of ether oxygens (including phenoxy) is 1. The van der Waals surface area contributed by atoms with Gasteiger partial charge < -0.3 is 25.4 Å². The van der Waals surface area contributed by atoms with Gasteiger partial charge in [-0.25, -0.2) is 9.97 Å². The maximum Gasteiger partial charge on any atom is 0.303 e. The van der Waals surface area contributed by atoms with Crippen molar-refractivity contribution < 1.29 is 14.6 Å². The third-order valence-corrected chi connectivity index (χ3v) is 8.00. The highest BCUT2D eigenvalue weighted by Gasteiger charge is 2.09. The first-order valence-corrected chi connectivity index (χ1v) is 16.3. The molecule has 0 fully saturated rings. The van der Waals surface area contributed by atoms with Crippen molar-refractivity contribution in [1.82, 2.24) is 19.9 Å². The lowest BCUT2D eigenvalue weighted by atomic mass is 10.1. The number of carboxylic acids is 1. The van der Waals surface area contributed by atoms with Crippen LogP contribution in [0.2, 0.25) is 0 Å². The lowest BCUT2D eigenvalue weighted by Crippen LogP contribution is -2.29. The van der Waals surface area contributed by atoms with Gasteiger partial charge in [-0.3, -0.25) is 9.78 Å². The van der Waals surface area contributed by atoms with Gasteiger partial charge >= 0.3 is 5.97 Å².